The van der Waals surface area contributed by atoms with E-state index in [1.807, 2.05) is 13.8 Å². The Morgan fingerprint density at radius 2 is 2.03 bits per heavy atom. The van der Waals surface area contributed by atoms with E-state index in [9.17, 15) is 9.18 Å². The number of ether oxygens (including phenoxy) is 1. The van der Waals surface area contributed by atoms with Gasteiger partial charge in [-0.3, -0.25) is 9.69 Å². The van der Waals surface area contributed by atoms with Crippen LogP contribution in [0.3, 0.4) is 0 Å². The van der Waals surface area contributed by atoms with Crippen molar-refractivity contribution < 1.29 is 13.9 Å². The van der Waals surface area contributed by atoms with Gasteiger partial charge >= 0.3 is 0 Å². The van der Waals surface area contributed by atoms with Gasteiger partial charge < -0.3 is 10.1 Å². The zero-order chi connectivity index (χ0) is 23.4. The van der Waals surface area contributed by atoms with Crippen molar-refractivity contribution in [2.45, 2.75) is 25.4 Å². The van der Waals surface area contributed by atoms with Gasteiger partial charge in [0.15, 0.2) is 0 Å². The summed E-state index contributed by atoms with van der Waals surface area (Å²) in [5.41, 5.74) is 2.82. The summed E-state index contributed by atoms with van der Waals surface area (Å²) in [6, 6.07) is 4.66. The Labute approximate surface area is 200 Å². The van der Waals surface area contributed by atoms with Gasteiger partial charge in [0, 0.05) is 54.6 Å². The second-order valence-electron chi connectivity index (χ2n) is 7.84. The van der Waals surface area contributed by atoms with Crippen molar-refractivity contribution in [3.8, 4) is 0 Å². The standard InChI is InChI=1S/C22H26ClFN6O2S/c1-14-16(12-17-18(23)4-3-5-19(17)24)15(2)30-21(26-14)27-22(28-30)33-13-20(31)25-6-7-29-8-10-32-11-9-29/h3-5H,6-13H2,1-2H3,(H,25,31). The molecule has 1 amide bonds. The molecule has 2 aromatic heterocycles. The molecule has 0 saturated carbocycles. The predicted molar refractivity (Wildman–Crippen MR) is 125 cm³/mol. The molecule has 0 spiro atoms. The highest BCUT2D eigenvalue weighted by Gasteiger charge is 2.18. The zero-order valence-electron chi connectivity index (χ0n) is 18.6. The van der Waals surface area contributed by atoms with Crippen LogP contribution in [0.1, 0.15) is 22.5 Å². The third-order valence-electron chi connectivity index (χ3n) is 5.63. The second kappa shape index (κ2) is 10.8. The monoisotopic (exact) mass is 492 g/mol. The number of nitrogens with zero attached hydrogens (tertiary/aromatic N) is 5. The number of aryl methyl sites for hydroxylation is 2. The predicted octanol–water partition coefficient (Wildman–Crippen LogP) is 2.66. The number of halogens is 2. The minimum absolute atomic E-state index is 0.0668. The number of hydrogen-bond donors (Lipinski definition) is 1. The molecular formula is C22H26ClFN6O2S. The van der Waals surface area contributed by atoms with Crippen LogP contribution < -0.4 is 5.32 Å². The van der Waals surface area contributed by atoms with Crippen molar-refractivity contribution in [2.75, 3.05) is 45.1 Å². The molecule has 1 aromatic carbocycles. The third-order valence-corrected chi connectivity index (χ3v) is 6.82. The summed E-state index contributed by atoms with van der Waals surface area (Å²) in [4.78, 5) is 23.5. The Hall–Kier alpha value is -2.27. The summed E-state index contributed by atoms with van der Waals surface area (Å²) < 4.78 is 21.3. The molecule has 1 N–H and O–H groups in total. The topological polar surface area (TPSA) is 84.7 Å². The molecule has 0 atom stereocenters. The number of carbonyl (C=O) groups is 1. The number of benzene rings is 1. The highest BCUT2D eigenvalue weighted by Crippen LogP contribution is 2.26. The van der Waals surface area contributed by atoms with Crippen LogP contribution in [-0.2, 0) is 16.0 Å². The maximum absolute atomic E-state index is 14.3. The number of fused-ring (bicyclic) bond motifs is 1. The minimum atomic E-state index is -0.351. The Bertz CT molecular complexity index is 1130. The number of aromatic nitrogens is 4. The number of amides is 1. The fraction of sp³-hybridized carbons (Fsp3) is 0.455. The lowest BCUT2D eigenvalue weighted by Gasteiger charge is -2.26. The molecule has 3 heterocycles. The van der Waals surface area contributed by atoms with E-state index in [1.54, 1.807) is 16.6 Å². The van der Waals surface area contributed by atoms with Gasteiger partial charge in [-0.15, -0.1) is 5.10 Å². The average molecular weight is 493 g/mol. The first-order valence-electron chi connectivity index (χ1n) is 10.8. The molecule has 1 aliphatic heterocycles. The van der Waals surface area contributed by atoms with E-state index in [0.717, 1.165) is 49.8 Å². The Morgan fingerprint density at radius 1 is 1.24 bits per heavy atom. The van der Waals surface area contributed by atoms with Gasteiger partial charge in [0.25, 0.3) is 5.78 Å². The number of rotatable bonds is 8. The van der Waals surface area contributed by atoms with Crippen LogP contribution >= 0.6 is 23.4 Å². The molecule has 8 nitrogen and oxygen atoms in total. The van der Waals surface area contributed by atoms with Crippen molar-refractivity contribution in [1.29, 1.82) is 0 Å². The number of morpholine rings is 1. The number of thioether (sulfide) groups is 1. The molecule has 1 saturated heterocycles. The van der Waals surface area contributed by atoms with Gasteiger partial charge in [-0.2, -0.15) is 4.98 Å². The van der Waals surface area contributed by atoms with Crippen molar-refractivity contribution in [2.24, 2.45) is 0 Å². The molecule has 11 heteroatoms. The molecule has 0 unspecified atom stereocenters. The van der Waals surface area contributed by atoms with Crippen LogP contribution in [0, 0.1) is 19.7 Å². The van der Waals surface area contributed by atoms with Gasteiger partial charge in [-0.1, -0.05) is 29.4 Å². The first kappa shape index (κ1) is 23.9. The van der Waals surface area contributed by atoms with Crippen LogP contribution in [0.5, 0.6) is 0 Å². The fourth-order valence-corrected chi connectivity index (χ4v) is 4.62. The fourth-order valence-electron chi connectivity index (χ4n) is 3.74. The summed E-state index contributed by atoms with van der Waals surface area (Å²) in [6.07, 6.45) is 0.306. The Balaban J connectivity index is 1.39. The van der Waals surface area contributed by atoms with Gasteiger partial charge in [-0.05, 0) is 31.5 Å². The minimum Gasteiger partial charge on any atom is -0.379 e. The lowest BCUT2D eigenvalue weighted by atomic mass is 10.0. The van der Waals surface area contributed by atoms with Crippen molar-refractivity contribution in [1.82, 2.24) is 29.8 Å². The highest BCUT2D eigenvalue weighted by atomic mass is 35.5. The zero-order valence-corrected chi connectivity index (χ0v) is 20.2. The number of carbonyl (C=O) groups excluding carboxylic acids is 1. The lowest BCUT2D eigenvalue weighted by Crippen LogP contribution is -2.41. The molecule has 4 rings (SSSR count). The van der Waals surface area contributed by atoms with Gasteiger partial charge in [-0.25, -0.2) is 13.9 Å². The van der Waals surface area contributed by atoms with Gasteiger partial charge in [0.1, 0.15) is 5.82 Å². The maximum atomic E-state index is 14.3. The van der Waals surface area contributed by atoms with Crippen molar-refractivity contribution in [3.05, 3.63) is 51.6 Å². The summed E-state index contributed by atoms with van der Waals surface area (Å²) in [5.74, 6) is 0.248. The van der Waals surface area contributed by atoms with E-state index < -0.39 is 0 Å². The van der Waals surface area contributed by atoms with Crippen LogP contribution in [0.4, 0.5) is 4.39 Å². The molecule has 0 bridgehead atoms. The van der Waals surface area contributed by atoms with E-state index in [0.29, 0.717) is 34.5 Å². The largest absolute Gasteiger partial charge is 0.379 e. The van der Waals surface area contributed by atoms with Crippen LogP contribution in [0.15, 0.2) is 23.4 Å². The van der Waals surface area contributed by atoms with E-state index in [-0.39, 0.29) is 17.5 Å². The first-order chi connectivity index (χ1) is 15.9. The normalized spacial score (nSPS) is 14.7. The van der Waals surface area contributed by atoms with E-state index in [2.05, 4.69) is 25.3 Å². The number of nitrogens with one attached hydrogen (secondary N) is 1. The van der Waals surface area contributed by atoms with Crippen LogP contribution in [0.25, 0.3) is 5.78 Å². The van der Waals surface area contributed by atoms with Gasteiger partial charge in [0.2, 0.25) is 11.1 Å². The average Bonchev–Trinajstić information content (AvgIpc) is 3.20. The lowest BCUT2D eigenvalue weighted by molar-refractivity contribution is -0.118. The molecule has 1 fully saturated rings. The molecule has 3 aromatic rings. The summed E-state index contributed by atoms with van der Waals surface area (Å²) >= 11 is 7.47. The molecular weight excluding hydrogens is 467 g/mol. The summed E-state index contributed by atoms with van der Waals surface area (Å²) in [6.45, 7) is 8.44. The van der Waals surface area contributed by atoms with Crippen LogP contribution in [-0.4, -0.2) is 75.5 Å². The first-order valence-corrected chi connectivity index (χ1v) is 12.1. The summed E-state index contributed by atoms with van der Waals surface area (Å²) in [5, 5.41) is 8.28. The van der Waals surface area contributed by atoms with E-state index in [1.165, 1.54) is 17.8 Å². The SMILES string of the molecule is Cc1nc2nc(SCC(=O)NCCN3CCOCC3)nn2c(C)c1Cc1c(F)cccc1Cl. The van der Waals surface area contributed by atoms with Gasteiger partial charge in [0.05, 0.1) is 19.0 Å². The number of hydrogen-bond acceptors (Lipinski definition) is 7. The van der Waals surface area contributed by atoms with Crippen LogP contribution in [0.2, 0.25) is 5.02 Å². The molecule has 0 aliphatic carbocycles. The third kappa shape index (κ3) is 5.81. The molecule has 176 valence electrons. The maximum Gasteiger partial charge on any atom is 0.253 e. The Morgan fingerprint density at radius 3 is 2.79 bits per heavy atom. The smallest absolute Gasteiger partial charge is 0.253 e. The highest BCUT2D eigenvalue weighted by molar-refractivity contribution is 7.99. The van der Waals surface area contributed by atoms with E-state index in [4.69, 9.17) is 16.3 Å². The van der Waals surface area contributed by atoms with Crippen molar-refractivity contribution >= 4 is 35.0 Å². The molecule has 0 radical (unpaired) electrons. The second-order valence-corrected chi connectivity index (χ2v) is 9.19. The molecule has 33 heavy (non-hydrogen) atoms. The Kier molecular flexibility index (Phi) is 7.79. The van der Waals surface area contributed by atoms with Crippen molar-refractivity contribution in [3.63, 3.8) is 0 Å². The van der Waals surface area contributed by atoms with E-state index >= 15 is 0 Å². The summed E-state index contributed by atoms with van der Waals surface area (Å²) in [7, 11) is 0. The quantitative estimate of drug-likeness (QED) is 0.484. The molecule has 1 aliphatic rings.